The van der Waals surface area contributed by atoms with Crippen LogP contribution in [0.2, 0.25) is 0 Å². The van der Waals surface area contributed by atoms with Gasteiger partial charge >= 0.3 is 0 Å². The fraction of sp³-hybridized carbons (Fsp3) is 0.143. The molecule has 1 aromatic carbocycles. The Kier molecular flexibility index (Phi) is 3.95. The Labute approximate surface area is 129 Å². The fourth-order valence-corrected chi connectivity index (χ4v) is 3.42. The molecule has 2 heterocycles. The number of nitrogens with zero attached hydrogens (tertiary/aromatic N) is 3. The lowest BCUT2D eigenvalue weighted by molar-refractivity contribution is 0.670. The van der Waals surface area contributed by atoms with Crippen LogP contribution in [0.4, 0.5) is 0 Å². The Bertz CT molecular complexity index is 692. The molecule has 0 aliphatic rings. The van der Waals surface area contributed by atoms with Crippen LogP contribution in [0.1, 0.15) is 16.6 Å². The number of aromatic nitrogens is 3. The summed E-state index contributed by atoms with van der Waals surface area (Å²) in [6, 6.07) is 11.8. The highest BCUT2D eigenvalue weighted by Crippen LogP contribution is 2.23. The van der Waals surface area contributed by atoms with Crippen LogP contribution in [0.25, 0.3) is 5.69 Å². The molecule has 1 atom stereocenters. The van der Waals surface area contributed by atoms with Gasteiger partial charge in [0, 0.05) is 21.2 Å². The van der Waals surface area contributed by atoms with E-state index >= 15 is 0 Å². The van der Waals surface area contributed by atoms with Crippen molar-refractivity contribution in [1.82, 2.24) is 15.0 Å². The van der Waals surface area contributed by atoms with Crippen molar-refractivity contribution in [3.8, 4) is 5.69 Å². The molecule has 0 amide bonds. The molecule has 0 saturated carbocycles. The quantitative estimate of drug-likeness (QED) is 0.786. The van der Waals surface area contributed by atoms with E-state index in [-0.39, 0.29) is 6.04 Å². The lowest BCUT2D eigenvalue weighted by atomic mass is 10.1. The second-order valence-corrected chi connectivity index (χ2v) is 6.35. The van der Waals surface area contributed by atoms with Crippen molar-refractivity contribution >= 4 is 27.3 Å². The molecule has 20 heavy (non-hydrogen) atoms. The maximum absolute atomic E-state index is 6.20. The van der Waals surface area contributed by atoms with Crippen LogP contribution in [-0.2, 0) is 6.42 Å². The summed E-state index contributed by atoms with van der Waals surface area (Å²) >= 11 is 5.14. The molecule has 0 radical (unpaired) electrons. The van der Waals surface area contributed by atoms with Gasteiger partial charge in [-0.15, -0.1) is 11.3 Å². The summed E-state index contributed by atoms with van der Waals surface area (Å²) < 4.78 is 1.10. The summed E-state index contributed by atoms with van der Waals surface area (Å²) in [6.45, 7) is 0. The minimum absolute atomic E-state index is 0.141. The van der Waals surface area contributed by atoms with Crippen LogP contribution in [0, 0.1) is 0 Å². The molecule has 0 spiro atoms. The van der Waals surface area contributed by atoms with Gasteiger partial charge < -0.3 is 5.73 Å². The van der Waals surface area contributed by atoms with Crippen LogP contribution in [-0.4, -0.2) is 15.0 Å². The van der Waals surface area contributed by atoms with E-state index in [4.69, 9.17) is 5.73 Å². The number of hydrogen-bond acceptors (Lipinski definition) is 4. The van der Waals surface area contributed by atoms with E-state index in [0.29, 0.717) is 0 Å². The standard InChI is InChI=1S/C14H13BrN4S/c15-10-6-12(20-9-10)7-13(16)14-8-17-19(18-14)11-4-2-1-3-5-11/h1-6,8-9,13H,7,16H2. The number of rotatable bonds is 4. The largest absolute Gasteiger partial charge is 0.322 e. The molecule has 4 nitrogen and oxygen atoms in total. The van der Waals surface area contributed by atoms with Gasteiger partial charge in [0.15, 0.2) is 0 Å². The smallest absolute Gasteiger partial charge is 0.100 e. The summed E-state index contributed by atoms with van der Waals surface area (Å²) in [5.74, 6) is 0. The Hall–Kier alpha value is -1.50. The van der Waals surface area contributed by atoms with Crippen LogP contribution >= 0.6 is 27.3 Å². The van der Waals surface area contributed by atoms with E-state index in [1.54, 1.807) is 22.3 Å². The molecule has 0 fully saturated rings. The highest BCUT2D eigenvalue weighted by atomic mass is 79.9. The van der Waals surface area contributed by atoms with Gasteiger partial charge in [-0.25, -0.2) is 0 Å². The second kappa shape index (κ2) is 5.87. The Morgan fingerprint density at radius 2 is 2.10 bits per heavy atom. The van der Waals surface area contributed by atoms with Gasteiger partial charge in [-0.05, 0) is 34.1 Å². The molecule has 1 unspecified atom stereocenters. The van der Waals surface area contributed by atoms with Crippen molar-refractivity contribution in [3.05, 3.63) is 63.0 Å². The summed E-state index contributed by atoms with van der Waals surface area (Å²) in [7, 11) is 0. The van der Waals surface area contributed by atoms with Crippen LogP contribution in [0.3, 0.4) is 0 Å². The van der Waals surface area contributed by atoms with Crippen molar-refractivity contribution in [3.63, 3.8) is 0 Å². The molecule has 3 rings (SSSR count). The minimum Gasteiger partial charge on any atom is -0.322 e. The molecule has 2 aromatic heterocycles. The Morgan fingerprint density at radius 1 is 1.30 bits per heavy atom. The third-order valence-electron chi connectivity index (χ3n) is 2.92. The molecule has 6 heteroatoms. The van der Waals surface area contributed by atoms with E-state index in [9.17, 15) is 0 Å². The number of para-hydroxylation sites is 1. The molecule has 3 aromatic rings. The normalized spacial score (nSPS) is 12.5. The molecule has 2 N–H and O–H groups in total. The topological polar surface area (TPSA) is 56.7 Å². The van der Waals surface area contributed by atoms with E-state index in [1.165, 1.54) is 4.88 Å². The van der Waals surface area contributed by atoms with Crippen molar-refractivity contribution in [1.29, 1.82) is 0 Å². The number of nitrogens with two attached hydrogens (primary N) is 1. The van der Waals surface area contributed by atoms with Gasteiger partial charge in [0.1, 0.15) is 5.69 Å². The van der Waals surface area contributed by atoms with Gasteiger partial charge in [-0.2, -0.15) is 15.0 Å². The maximum atomic E-state index is 6.20. The summed E-state index contributed by atoms with van der Waals surface area (Å²) in [5.41, 5.74) is 7.94. The zero-order chi connectivity index (χ0) is 13.9. The van der Waals surface area contributed by atoms with Crippen molar-refractivity contribution in [2.75, 3.05) is 0 Å². The summed E-state index contributed by atoms with van der Waals surface area (Å²) in [5, 5.41) is 10.8. The zero-order valence-electron chi connectivity index (χ0n) is 10.6. The van der Waals surface area contributed by atoms with Crippen molar-refractivity contribution < 1.29 is 0 Å². The maximum Gasteiger partial charge on any atom is 0.100 e. The van der Waals surface area contributed by atoms with Gasteiger partial charge in [0.05, 0.1) is 17.9 Å². The van der Waals surface area contributed by atoms with Gasteiger partial charge in [-0.3, -0.25) is 0 Å². The monoisotopic (exact) mass is 348 g/mol. The van der Waals surface area contributed by atoms with E-state index in [2.05, 4.69) is 37.6 Å². The summed E-state index contributed by atoms with van der Waals surface area (Å²) in [4.78, 5) is 2.85. The average Bonchev–Trinajstić information content (AvgIpc) is 3.09. The SMILES string of the molecule is NC(Cc1cc(Br)cs1)c1cnn(-c2ccccc2)n1. The Morgan fingerprint density at radius 3 is 2.80 bits per heavy atom. The Balaban J connectivity index is 1.76. The first-order valence-corrected chi connectivity index (χ1v) is 7.86. The van der Waals surface area contributed by atoms with Gasteiger partial charge in [-0.1, -0.05) is 18.2 Å². The van der Waals surface area contributed by atoms with E-state index in [1.807, 2.05) is 30.3 Å². The van der Waals surface area contributed by atoms with E-state index < -0.39 is 0 Å². The first-order chi connectivity index (χ1) is 9.72. The van der Waals surface area contributed by atoms with Gasteiger partial charge in [0.25, 0.3) is 0 Å². The van der Waals surface area contributed by atoms with Crippen LogP contribution in [0.15, 0.2) is 52.4 Å². The number of benzene rings is 1. The molecule has 102 valence electrons. The van der Waals surface area contributed by atoms with Crippen molar-refractivity contribution in [2.45, 2.75) is 12.5 Å². The average molecular weight is 349 g/mol. The number of hydrogen-bond donors (Lipinski definition) is 1. The van der Waals surface area contributed by atoms with Crippen LogP contribution < -0.4 is 5.73 Å². The van der Waals surface area contributed by atoms with Crippen LogP contribution in [0.5, 0.6) is 0 Å². The minimum atomic E-state index is -0.141. The first-order valence-electron chi connectivity index (χ1n) is 6.18. The zero-order valence-corrected chi connectivity index (χ0v) is 13.0. The van der Waals surface area contributed by atoms with Crippen molar-refractivity contribution in [2.24, 2.45) is 5.73 Å². The lowest BCUT2D eigenvalue weighted by Crippen LogP contribution is -2.13. The molecule has 0 saturated heterocycles. The first kappa shape index (κ1) is 13.5. The lowest BCUT2D eigenvalue weighted by Gasteiger charge is -2.05. The molecular formula is C14H13BrN4S. The van der Waals surface area contributed by atoms with E-state index in [0.717, 1.165) is 22.3 Å². The molecule has 0 aliphatic carbocycles. The highest BCUT2D eigenvalue weighted by Gasteiger charge is 2.13. The third-order valence-corrected chi connectivity index (χ3v) is 4.64. The molecule has 0 bridgehead atoms. The summed E-state index contributed by atoms with van der Waals surface area (Å²) in [6.07, 6.45) is 2.50. The fourth-order valence-electron chi connectivity index (χ4n) is 1.91. The van der Waals surface area contributed by atoms with Gasteiger partial charge in [0.2, 0.25) is 0 Å². The highest BCUT2D eigenvalue weighted by molar-refractivity contribution is 9.10. The third kappa shape index (κ3) is 2.98. The molecular weight excluding hydrogens is 336 g/mol. The second-order valence-electron chi connectivity index (χ2n) is 4.44. The number of halogens is 1. The molecule has 0 aliphatic heterocycles. The predicted molar refractivity (Wildman–Crippen MR) is 84.0 cm³/mol. The predicted octanol–water partition coefficient (Wildman–Crippen LogP) is 3.33. The number of thiophene rings is 1.